The van der Waals surface area contributed by atoms with Gasteiger partial charge >= 0.3 is 0 Å². The molecule has 1 fully saturated rings. The van der Waals surface area contributed by atoms with Crippen molar-refractivity contribution in [1.82, 2.24) is 14.5 Å². The van der Waals surface area contributed by atoms with E-state index < -0.39 is 15.9 Å². The van der Waals surface area contributed by atoms with E-state index in [1.54, 1.807) is 23.1 Å². The van der Waals surface area contributed by atoms with E-state index in [-0.39, 0.29) is 41.7 Å². The highest BCUT2D eigenvalue weighted by atomic mass is 32.2. The summed E-state index contributed by atoms with van der Waals surface area (Å²) in [5.41, 5.74) is 0.775. The molecule has 2 aromatic rings. The minimum absolute atomic E-state index is 0.0315. The fourth-order valence-electron chi connectivity index (χ4n) is 3.13. The molecule has 0 saturated carbocycles. The first-order chi connectivity index (χ1) is 13.8. The Morgan fingerprint density at radius 3 is 2.38 bits per heavy atom. The molecule has 1 aliphatic rings. The number of sulfonamides is 1. The second kappa shape index (κ2) is 8.62. The van der Waals surface area contributed by atoms with Crippen molar-refractivity contribution in [2.24, 2.45) is 0 Å². The minimum Gasteiger partial charge on any atom is -0.508 e. The van der Waals surface area contributed by atoms with Crippen LogP contribution < -0.4 is 5.32 Å². The lowest BCUT2D eigenvalue weighted by atomic mass is 10.2. The van der Waals surface area contributed by atoms with E-state index in [9.17, 15) is 23.1 Å². The SMILES string of the molecule is CC(=O)N1CCN(S(=O)(=O)c2cccc(C(=O)NCc3ccccc3O)c2)CC1. The van der Waals surface area contributed by atoms with Gasteiger partial charge in [0.1, 0.15) is 5.75 Å². The van der Waals surface area contributed by atoms with Crippen molar-refractivity contribution in [3.8, 4) is 5.75 Å². The van der Waals surface area contributed by atoms with Crippen LogP contribution >= 0.6 is 0 Å². The van der Waals surface area contributed by atoms with Crippen LogP contribution in [0.5, 0.6) is 5.75 Å². The fourth-order valence-corrected chi connectivity index (χ4v) is 4.60. The van der Waals surface area contributed by atoms with Gasteiger partial charge in [0.2, 0.25) is 15.9 Å². The van der Waals surface area contributed by atoms with E-state index in [2.05, 4.69) is 5.32 Å². The summed E-state index contributed by atoms with van der Waals surface area (Å²) in [5, 5.41) is 12.5. The van der Waals surface area contributed by atoms with Gasteiger partial charge in [-0.05, 0) is 24.3 Å². The van der Waals surface area contributed by atoms with Crippen molar-refractivity contribution in [2.75, 3.05) is 26.2 Å². The zero-order valence-electron chi connectivity index (χ0n) is 16.0. The number of nitrogens with one attached hydrogen (secondary N) is 1. The van der Waals surface area contributed by atoms with E-state index in [0.717, 1.165) is 0 Å². The van der Waals surface area contributed by atoms with Gasteiger partial charge in [-0.15, -0.1) is 0 Å². The number of aromatic hydroxyl groups is 1. The number of piperazine rings is 1. The van der Waals surface area contributed by atoms with Crippen LogP contribution in [0.4, 0.5) is 0 Å². The molecule has 2 amide bonds. The van der Waals surface area contributed by atoms with Crippen molar-refractivity contribution in [3.05, 3.63) is 59.7 Å². The summed E-state index contributed by atoms with van der Waals surface area (Å²) in [7, 11) is -3.77. The van der Waals surface area contributed by atoms with Gasteiger partial charge in [-0.25, -0.2) is 8.42 Å². The highest BCUT2D eigenvalue weighted by Gasteiger charge is 2.29. The maximum absolute atomic E-state index is 12.9. The molecule has 0 aromatic heterocycles. The van der Waals surface area contributed by atoms with Crippen molar-refractivity contribution >= 4 is 21.8 Å². The minimum atomic E-state index is -3.77. The summed E-state index contributed by atoms with van der Waals surface area (Å²) >= 11 is 0. The second-order valence-corrected chi connectivity index (χ2v) is 8.69. The number of rotatable bonds is 5. The largest absolute Gasteiger partial charge is 0.508 e. The number of phenols is 1. The lowest BCUT2D eigenvalue weighted by Crippen LogP contribution is -2.49. The van der Waals surface area contributed by atoms with Gasteiger partial charge < -0.3 is 15.3 Å². The third kappa shape index (κ3) is 4.75. The Balaban J connectivity index is 1.70. The lowest BCUT2D eigenvalue weighted by molar-refractivity contribution is -0.129. The zero-order valence-corrected chi connectivity index (χ0v) is 16.9. The van der Waals surface area contributed by atoms with Gasteiger partial charge in [0.15, 0.2) is 0 Å². The third-order valence-electron chi connectivity index (χ3n) is 4.85. The van der Waals surface area contributed by atoms with E-state index >= 15 is 0 Å². The normalized spacial score (nSPS) is 15.1. The molecule has 29 heavy (non-hydrogen) atoms. The van der Waals surface area contributed by atoms with E-state index in [4.69, 9.17) is 0 Å². The number of nitrogens with zero attached hydrogens (tertiary/aromatic N) is 2. The lowest BCUT2D eigenvalue weighted by Gasteiger charge is -2.33. The van der Waals surface area contributed by atoms with Crippen LogP contribution in [-0.2, 0) is 21.4 Å². The molecule has 0 aliphatic carbocycles. The fraction of sp³-hybridized carbons (Fsp3) is 0.300. The van der Waals surface area contributed by atoms with Crippen LogP contribution in [0.1, 0.15) is 22.8 Å². The second-order valence-electron chi connectivity index (χ2n) is 6.75. The molecular weight excluding hydrogens is 394 g/mol. The Morgan fingerprint density at radius 2 is 1.72 bits per heavy atom. The van der Waals surface area contributed by atoms with E-state index in [1.165, 1.54) is 41.6 Å². The summed E-state index contributed by atoms with van der Waals surface area (Å²) in [5.74, 6) is -0.439. The molecule has 3 rings (SSSR count). The molecule has 0 spiro atoms. The van der Waals surface area contributed by atoms with Crippen LogP contribution in [0.2, 0.25) is 0 Å². The quantitative estimate of drug-likeness (QED) is 0.760. The average Bonchev–Trinajstić information content (AvgIpc) is 2.73. The smallest absolute Gasteiger partial charge is 0.251 e. The molecule has 0 bridgehead atoms. The van der Waals surface area contributed by atoms with Gasteiger partial charge in [-0.3, -0.25) is 9.59 Å². The molecule has 1 aliphatic heterocycles. The summed E-state index contributed by atoms with van der Waals surface area (Å²) < 4.78 is 27.2. The number of benzene rings is 2. The number of amides is 2. The molecule has 8 nitrogen and oxygen atoms in total. The van der Waals surface area contributed by atoms with Gasteiger partial charge in [-0.2, -0.15) is 4.31 Å². The number of para-hydroxylation sites is 1. The average molecular weight is 417 g/mol. The molecule has 9 heteroatoms. The van der Waals surface area contributed by atoms with E-state index in [1.807, 2.05) is 0 Å². The van der Waals surface area contributed by atoms with Crippen molar-refractivity contribution < 1.29 is 23.1 Å². The van der Waals surface area contributed by atoms with Crippen LogP contribution in [0.25, 0.3) is 0 Å². The molecule has 0 radical (unpaired) electrons. The van der Waals surface area contributed by atoms with Gasteiger partial charge in [0.05, 0.1) is 4.90 Å². The van der Waals surface area contributed by atoms with Crippen molar-refractivity contribution in [2.45, 2.75) is 18.4 Å². The maximum Gasteiger partial charge on any atom is 0.251 e. The highest BCUT2D eigenvalue weighted by molar-refractivity contribution is 7.89. The van der Waals surface area contributed by atoms with Crippen LogP contribution in [0, 0.1) is 0 Å². The highest BCUT2D eigenvalue weighted by Crippen LogP contribution is 2.20. The number of carbonyl (C=O) groups excluding carboxylic acids is 2. The Labute approximate surface area is 169 Å². The summed E-state index contributed by atoms with van der Waals surface area (Å²) in [4.78, 5) is 25.5. The topological polar surface area (TPSA) is 107 Å². The van der Waals surface area contributed by atoms with Crippen LogP contribution in [-0.4, -0.2) is 60.7 Å². The number of hydrogen-bond acceptors (Lipinski definition) is 5. The molecule has 1 saturated heterocycles. The predicted octanol–water partition coefficient (Wildman–Crippen LogP) is 1.17. The molecule has 2 aromatic carbocycles. The standard InChI is InChI=1S/C20H23N3O5S/c1-15(24)22-9-11-23(12-10-22)29(27,28)18-7-4-6-16(13-18)20(26)21-14-17-5-2-3-8-19(17)25/h2-8,13,25H,9-12,14H2,1H3,(H,21,26). The van der Waals surface area contributed by atoms with Gasteiger partial charge in [0.25, 0.3) is 5.91 Å². The molecular formula is C20H23N3O5S. The summed E-state index contributed by atoms with van der Waals surface area (Å²) in [6.45, 7) is 2.69. The summed E-state index contributed by atoms with van der Waals surface area (Å²) in [6, 6.07) is 12.5. The molecule has 0 unspecified atom stereocenters. The van der Waals surface area contributed by atoms with Crippen molar-refractivity contribution in [1.29, 1.82) is 0 Å². The Kier molecular flexibility index (Phi) is 6.19. The molecule has 1 heterocycles. The first-order valence-electron chi connectivity index (χ1n) is 9.20. The number of phenolic OH excluding ortho intramolecular Hbond substituents is 1. The number of carbonyl (C=O) groups is 2. The third-order valence-corrected chi connectivity index (χ3v) is 6.74. The molecule has 2 N–H and O–H groups in total. The maximum atomic E-state index is 12.9. The summed E-state index contributed by atoms with van der Waals surface area (Å²) in [6.07, 6.45) is 0. The Bertz CT molecular complexity index is 1010. The van der Waals surface area contributed by atoms with E-state index in [0.29, 0.717) is 18.7 Å². The number of hydrogen-bond donors (Lipinski definition) is 2. The van der Waals surface area contributed by atoms with Crippen molar-refractivity contribution in [3.63, 3.8) is 0 Å². The zero-order chi connectivity index (χ0) is 21.0. The Morgan fingerprint density at radius 1 is 1.03 bits per heavy atom. The monoisotopic (exact) mass is 417 g/mol. The van der Waals surface area contributed by atoms with Gasteiger partial charge in [0, 0.05) is 50.8 Å². The molecule has 154 valence electrons. The molecule has 0 atom stereocenters. The first kappa shape index (κ1) is 20.8. The first-order valence-corrected chi connectivity index (χ1v) is 10.6. The Hall–Kier alpha value is -2.91. The van der Waals surface area contributed by atoms with Gasteiger partial charge in [-0.1, -0.05) is 24.3 Å². The predicted molar refractivity (Wildman–Crippen MR) is 107 cm³/mol. The van der Waals surface area contributed by atoms with Crippen LogP contribution in [0.15, 0.2) is 53.4 Å². The van der Waals surface area contributed by atoms with Crippen LogP contribution in [0.3, 0.4) is 0 Å².